The van der Waals surface area contributed by atoms with Gasteiger partial charge in [0, 0.05) is 18.6 Å². The monoisotopic (exact) mass is 156 g/mol. The second-order valence-electron chi connectivity index (χ2n) is 4.03. The lowest BCUT2D eigenvalue weighted by molar-refractivity contribution is -0.151. The molecule has 0 aromatic rings. The van der Waals surface area contributed by atoms with E-state index in [0.29, 0.717) is 5.41 Å². The zero-order chi connectivity index (χ0) is 7.73. The average molecular weight is 156 g/mol. The largest absolute Gasteiger partial charge is 0.381 e. The molecular weight excluding hydrogens is 140 g/mol. The van der Waals surface area contributed by atoms with Crippen LogP contribution in [0.5, 0.6) is 0 Å². The van der Waals surface area contributed by atoms with Crippen LogP contribution < -0.4 is 0 Å². The summed E-state index contributed by atoms with van der Waals surface area (Å²) in [6.45, 7) is 6.20. The highest BCUT2D eigenvalue weighted by atomic mass is 16.5. The van der Waals surface area contributed by atoms with Crippen LogP contribution in [0.15, 0.2) is 0 Å². The minimum absolute atomic E-state index is 0.490. The summed E-state index contributed by atoms with van der Waals surface area (Å²) in [5.74, 6) is 0.852. The summed E-state index contributed by atoms with van der Waals surface area (Å²) in [7, 11) is 0. The molecule has 2 heterocycles. The Hall–Kier alpha value is -0.0800. The van der Waals surface area contributed by atoms with Crippen LogP contribution in [-0.4, -0.2) is 26.4 Å². The van der Waals surface area contributed by atoms with Crippen molar-refractivity contribution in [1.82, 2.24) is 0 Å². The Morgan fingerprint density at radius 1 is 1.09 bits per heavy atom. The molecule has 0 unspecified atom stereocenters. The molecule has 11 heavy (non-hydrogen) atoms. The van der Waals surface area contributed by atoms with Gasteiger partial charge in [-0.15, -0.1) is 0 Å². The SMILES string of the molecule is CC1(C2CCOCC2)COC1. The third-order valence-electron chi connectivity index (χ3n) is 3.07. The predicted molar refractivity (Wildman–Crippen MR) is 42.5 cm³/mol. The number of hydrogen-bond donors (Lipinski definition) is 0. The summed E-state index contributed by atoms with van der Waals surface area (Å²) >= 11 is 0. The van der Waals surface area contributed by atoms with Crippen molar-refractivity contribution in [2.24, 2.45) is 11.3 Å². The van der Waals surface area contributed by atoms with Crippen LogP contribution in [0, 0.1) is 11.3 Å². The molecule has 0 aliphatic carbocycles. The molecule has 0 aromatic heterocycles. The van der Waals surface area contributed by atoms with Crippen LogP contribution in [0.25, 0.3) is 0 Å². The van der Waals surface area contributed by atoms with Gasteiger partial charge in [0.25, 0.3) is 0 Å². The Morgan fingerprint density at radius 2 is 1.73 bits per heavy atom. The maximum absolute atomic E-state index is 5.32. The van der Waals surface area contributed by atoms with Gasteiger partial charge in [-0.3, -0.25) is 0 Å². The second kappa shape index (κ2) is 2.76. The number of ether oxygens (including phenoxy) is 2. The van der Waals surface area contributed by atoms with Gasteiger partial charge < -0.3 is 9.47 Å². The van der Waals surface area contributed by atoms with Gasteiger partial charge >= 0.3 is 0 Å². The third-order valence-corrected chi connectivity index (χ3v) is 3.07. The predicted octanol–water partition coefficient (Wildman–Crippen LogP) is 1.45. The van der Waals surface area contributed by atoms with Gasteiger partial charge in [-0.05, 0) is 18.8 Å². The van der Waals surface area contributed by atoms with Crippen LogP contribution in [0.1, 0.15) is 19.8 Å². The highest BCUT2D eigenvalue weighted by Crippen LogP contribution is 2.40. The normalized spacial score (nSPS) is 31.4. The fourth-order valence-electron chi connectivity index (χ4n) is 2.05. The lowest BCUT2D eigenvalue weighted by atomic mass is 9.72. The van der Waals surface area contributed by atoms with Crippen LogP contribution in [0.2, 0.25) is 0 Å². The summed E-state index contributed by atoms with van der Waals surface area (Å²) in [5.41, 5.74) is 0.490. The molecule has 64 valence electrons. The molecule has 0 saturated carbocycles. The van der Waals surface area contributed by atoms with Crippen LogP contribution in [0.4, 0.5) is 0 Å². The average Bonchev–Trinajstić information content (AvgIpc) is 2.02. The van der Waals surface area contributed by atoms with Gasteiger partial charge in [-0.25, -0.2) is 0 Å². The lowest BCUT2D eigenvalue weighted by Gasteiger charge is -2.46. The molecule has 2 heteroatoms. The van der Waals surface area contributed by atoms with E-state index in [0.717, 1.165) is 32.3 Å². The highest BCUT2D eigenvalue weighted by molar-refractivity contribution is 4.88. The second-order valence-corrected chi connectivity index (χ2v) is 4.03. The Labute approximate surface area is 67.9 Å². The fraction of sp³-hybridized carbons (Fsp3) is 1.00. The van der Waals surface area contributed by atoms with Crippen LogP contribution >= 0.6 is 0 Å². The molecule has 2 rings (SSSR count). The molecule has 0 aromatic carbocycles. The maximum atomic E-state index is 5.32. The highest BCUT2D eigenvalue weighted by Gasteiger charge is 2.41. The van der Waals surface area contributed by atoms with Gasteiger partial charge in [0.1, 0.15) is 0 Å². The van der Waals surface area contributed by atoms with Gasteiger partial charge in [-0.2, -0.15) is 0 Å². The van der Waals surface area contributed by atoms with E-state index in [2.05, 4.69) is 6.92 Å². The minimum Gasteiger partial charge on any atom is -0.381 e. The summed E-state index contributed by atoms with van der Waals surface area (Å²) in [5, 5.41) is 0. The van der Waals surface area contributed by atoms with Crippen molar-refractivity contribution in [3.8, 4) is 0 Å². The molecule has 0 spiro atoms. The molecule has 2 aliphatic heterocycles. The first kappa shape index (κ1) is 7.56. The van der Waals surface area contributed by atoms with E-state index in [-0.39, 0.29) is 0 Å². The van der Waals surface area contributed by atoms with Crippen molar-refractivity contribution in [3.05, 3.63) is 0 Å². The maximum Gasteiger partial charge on any atom is 0.0544 e. The van der Waals surface area contributed by atoms with Crippen molar-refractivity contribution >= 4 is 0 Å². The zero-order valence-electron chi connectivity index (χ0n) is 7.14. The molecule has 0 N–H and O–H groups in total. The van der Waals surface area contributed by atoms with Gasteiger partial charge in [0.2, 0.25) is 0 Å². The summed E-state index contributed by atoms with van der Waals surface area (Å²) < 4.78 is 10.6. The van der Waals surface area contributed by atoms with E-state index < -0.39 is 0 Å². The van der Waals surface area contributed by atoms with Crippen LogP contribution in [0.3, 0.4) is 0 Å². The summed E-state index contributed by atoms with van der Waals surface area (Å²) in [4.78, 5) is 0. The van der Waals surface area contributed by atoms with E-state index >= 15 is 0 Å². The minimum atomic E-state index is 0.490. The Kier molecular flexibility index (Phi) is 1.90. The molecule has 0 radical (unpaired) electrons. The van der Waals surface area contributed by atoms with Crippen molar-refractivity contribution in [3.63, 3.8) is 0 Å². The smallest absolute Gasteiger partial charge is 0.0544 e. The number of hydrogen-bond acceptors (Lipinski definition) is 2. The Morgan fingerprint density at radius 3 is 2.18 bits per heavy atom. The van der Waals surface area contributed by atoms with E-state index in [9.17, 15) is 0 Å². The molecule has 0 atom stereocenters. The standard InChI is InChI=1S/C9H16O2/c1-9(6-11-7-9)8-2-4-10-5-3-8/h8H,2-7H2,1H3. The Bertz CT molecular complexity index is 134. The van der Waals surface area contributed by atoms with Gasteiger partial charge in [0.05, 0.1) is 13.2 Å². The first-order valence-electron chi connectivity index (χ1n) is 4.47. The topological polar surface area (TPSA) is 18.5 Å². The summed E-state index contributed by atoms with van der Waals surface area (Å²) in [6, 6.07) is 0. The van der Waals surface area contributed by atoms with E-state index in [1.165, 1.54) is 12.8 Å². The van der Waals surface area contributed by atoms with E-state index in [1.54, 1.807) is 0 Å². The first-order chi connectivity index (χ1) is 5.31. The quantitative estimate of drug-likeness (QED) is 0.572. The van der Waals surface area contributed by atoms with Crippen molar-refractivity contribution in [2.75, 3.05) is 26.4 Å². The van der Waals surface area contributed by atoms with E-state index in [1.807, 2.05) is 0 Å². The molecule has 2 aliphatic rings. The molecular formula is C9H16O2. The Balaban J connectivity index is 1.91. The van der Waals surface area contributed by atoms with Crippen LogP contribution in [-0.2, 0) is 9.47 Å². The molecule has 0 bridgehead atoms. The third kappa shape index (κ3) is 1.30. The van der Waals surface area contributed by atoms with Crippen molar-refractivity contribution in [2.45, 2.75) is 19.8 Å². The van der Waals surface area contributed by atoms with Gasteiger partial charge in [-0.1, -0.05) is 6.92 Å². The lowest BCUT2D eigenvalue weighted by Crippen LogP contribution is -2.47. The van der Waals surface area contributed by atoms with Crippen molar-refractivity contribution in [1.29, 1.82) is 0 Å². The molecule has 2 saturated heterocycles. The zero-order valence-corrected chi connectivity index (χ0v) is 7.14. The first-order valence-corrected chi connectivity index (χ1v) is 4.47. The number of rotatable bonds is 1. The molecule has 2 nitrogen and oxygen atoms in total. The fourth-order valence-corrected chi connectivity index (χ4v) is 2.05. The van der Waals surface area contributed by atoms with Gasteiger partial charge in [0.15, 0.2) is 0 Å². The van der Waals surface area contributed by atoms with Crippen molar-refractivity contribution < 1.29 is 9.47 Å². The molecule has 0 amide bonds. The van der Waals surface area contributed by atoms with E-state index in [4.69, 9.17) is 9.47 Å². The molecule has 2 fully saturated rings. The summed E-state index contributed by atoms with van der Waals surface area (Å²) in [6.07, 6.45) is 2.47.